The molecule has 1 saturated heterocycles. The lowest BCUT2D eigenvalue weighted by molar-refractivity contribution is 0.0526. The zero-order valence-electron chi connectivity index (χ0n) is 16.0. The van der Waals surface area contributed by atoms with Crippen molar-refractivity contribution in [1.29, 1.82) is 0 Å². The molecule has 7 nitrogen and oxygen atoms in total. The van der Waals surface area contributed by atoms with Crippen molar-refractivity contribution in [2.75, 3.05) is 49.5 Å². The lowest BCUT2D eigenvalue weighted by Crippen LogP contribution is -2.46. The number of nitrogens with zero attached hydrogens (tertiary/aromatic N) is 2. The molecule has 0 atom stereocenters. The van der Waals surface area contributed by atoms with E-state index < -0.39 is 5.97 Å². The molecule has 0 unspecified atom stereocenters. The summed E-state index contributed by atoms with van der Waals surface area (Å²) >= 11 is 3.20. The van der Waals surface area contributed by atoms with Gasteiger partial charge in [0.05, 0.1) is 23.5 Å². The van der Waals surface area contributed by atoms with Crippen molar-refractivity contribution in [2.24, 2.45) is 0 Å². The van der Waals surface area contributed by atoms with Crippen LogP contribution in [0.5, 0.6) is 0 Å². The molecule has 1 aromatic carbocycles. The van der Waals surface area contributed by atoms with Crippen LogP contribution in [0.15, 0.2) is 39.4 Å². The quantitative estimate of drug-likeness (QED) is 0.678. The van der Waals surface area contributed by atoms with Crippen LogP contribution in [0.25, 0.3) is 0 Å². The third kappa shape index (κ3) is 4.74. The number of anilines is 2. The maximum atomic E-state index is 12.6. The van der Waals surface area contributed by atoms with Crippen LogP contribution in [0.3, 0.4) is 0 Å². The zero-order valence-corrected chi connectivity index (χ0v) is 17.6. The number of nitrogens with one attached hydrogen (secondary N) is 1. The van der Waals surface area contributed by atoms with Crippen molar-refractivity contribution in [2.45, 2.75) is 13.8 Å². The molecule has 8 heteroatoms. The number of carbonyl (C=O) groups is 2. The Morgan fingerprint density at radius 1 is 1.14 bits per heavy atom. The molecule has 1 amide bonds. The average Bonchev–Trinajstić information content (AvgIpc) is 3.15. The highest BCUT2D eigenvalue weighted by Crippen LogP contribution is 2.29. The van der Waals surface area contributed by atoms with E-state index in [1.165, 1.54) is 0 Å². The zero-order chi connectivity index (χ0) is 20.1. The Hall–Kier alpha value is -2.32. The largest absolute Gasteiger partial charge is 0.462 e. The summed E-state index contributed by atoms with van der Waals surface area (Å²) in [5.41, 5.74) is 1.84. The molecule has 1 aliphatic heterocycles. The van der Waals surface area contributed by atoms with Gasteiger partial charge in [-0.25, -0.2) is 4.79 Å². The van der Waals surface area contributed by atoms with E-state index in [4.69, 9.17) is 9.15 Å². The Bertz CT molecular complexity index is 844. The van der Waals surface area contributed by atoms with Gasteiger partial charge >= 0.3 is 5.97 Å². The van der Waals surface area contributed by atoms with Gasteiger partial charge in [-0.3, -0.25) is 4.79 Å². The second kappa shape index (κ2) is 9.25. The Balaban J connectivity index is 1.87. The summed E-state index contributed by atoms with van der Waals surface area (Å²) in [5.74, 6) is -0.601. The highest BCUT2D eigenvalue weighted by molar-refractivity contribution is 9.10. The normalized spacial score (nSPS) is 14.8. The van der Waals surface area contributed by atoms with Crippen molar-refractivity contribution < 1.29 is 18.7 Å². The van der Waals surface area contributed by atoms with Gasteiger partial charge in [0.2, 0.25) is 0 Å². The molecule has 150 valence electrons. The number of piperazine rings is 1. The van der Waals surface area contributed by atoms with Crippen LogP contribution in [0.2, 0.25) is 0 Å². The molecule has 1 fully saturated rings. The summed E-state index contributed by atoms with van der Waals surface area (Å²) in [6, 6.07) is 8.51. The van der Waals surface area contributed by atoms with E-state index in [9.17, 15) is 9.59 Å². The van der Waals surface area contributed by atoms with Gasteiger partial charge in [0.1, 0.15) is 0 Å². The van der Waals surface area contributed by atoms with Crippen molar-refractivity contribution in [1.82, 2.24) is 4.90 Å². The van der Waals surface area contributed by atoms with E-state index in [1.54, 1.807) is 31.2 Å². The highest BCUT2D eigenvalue weighted by Gasteiger charge is 2.22. The number of ether oxygens (including phenoxy) is 1. The number of likely N-dealkylation sites (N-methyl/N-ethyl adjacent to an activating group) is 1. The van der Waals surface area contributed by atoms with Crippen molar-refractivity contribution in [3.8, 4) is 0 Å². The number of furan rings is 1. The minimum atomic E-state index is -0.416. The van der Waals surface area contributed by atoms with Crippen LogP contribution >= 0.6 is 15.9 Å². The number of benzene rings is 1. The lowest BCUT2D eigenvalue weighted by Gasteiger charge is -2.36. The number of rotatable bonds is 6. The number of hydrogen-bond acceptors (Lipinski definition) is 6. The third-order valence-electron chi connectivity index (χ3n) is 4.71. The van der Waals surface area contributed by atoms with Gasteiger partial charge in [0, 0.05) is 26.2 Å². The SMILES string of the molecule is CCOC(=O)c1ccc(N2CCN(CC)CC2)c(NC(=O)c2ccc(Br)o2)c1. The van der Waals surface area contributed by atoms with Gasteiger partial charge in [-0.15, -0.1) is 0 Å². The average molecular weight is 450 g/mol. The van der Waals surface area contributed by atoms with Crippen molar-refractivity contribution in [3.05, 3.63) is 46.3 Å². The molecule has 1 aliphatic rings. The minimum absolute atomic E-state index is 0.190. The minimum Gasteiger partial charge on any atom is -0.462 e. The molecule has 0 aliphatic carbocycles. The topological polar surface area (TPSA) is 75.0 Å². The fourth-order valence-corrected chi connectivity index (χ4v) is 3.49. The molecule has 2 aromatic rings. The third-order valence-corrected chi connectivity index (χ3v) is 5.14. The number of halogens is 1. The molecule has 0 saturated carbocycles. The Morgan fingerprint density at radius 2 is 1.89 bits per heavy atom. The second-order valence-electron chi connectivity index (χ2n) is 6.43. The molecule has 0 spiro atoms. The first-order valence-electron chi connectivity index (χ1n) is 9.37. The molecular weight excluding hydrogens is 426 g/mol. The van der Waals surface area contributed by atoms with Gasteiger partial charge < -0.3 is 24.3 Å². The summed E-state index contributed by atoms with van der Waals surface area (Å²) in [5, 5.41) is 2.88. The smallest absolute Gasteiger partial charge is 0.338 e. The summed E-state index contributed by atoms with van der Waals surface area (Å²) in [6.07, 6.45) is 0. The predicted octanol–water partition coefficient (Wildman–Crippen LogP) is 3.61. The van der Waals surface area contributed by atoms with E-state index in [0.717, 1.165) is 38.4 Å². The standard InChI is InChI=1S/C20H24BrN3O4/c1-3-23-9-11-24(12-10-23)16-6-5-14(20(26)27-4-2)13-15(16)22-19(25)17-7-8-18(21)28-17/h5-8,13H,3-4,9-12H2,1-2H3,(H,22,25). The van der Waals surface area contributed by atoms with Crippen LogP contribution in [0.4, 0.5) is 11.4 Å². The Labute approximate surface area is 172 Å². The maximum absolute atomic E-state index is 12.6. The number of hydrogen-bond donors (Lipinski definition) is 1. The molecular formula is C20H24BrN3O4. The summed E-state index contributed by atoms with van der Waals surface area (Å²) in [4.78, 5) is 29.3. The van der Waals surface area contributed by atoms with Crippen molar-refractivity contribution in [3.63, 3.8) is 0 Å². The van der Waals surface area contributed by atoms with Gasteiger partial charge in [-0.1, -0.05) is 6.92 Å². The van der Waals surface area contributed by atoms with Gasteiger partial charge in [0.25, 0.3) is 5.91 Å². The first-order chi connectivity index (χ1) is 13.5. The second-order valence-corrected chi connectivity index (χ2v) is 7.21. The van der Waals surface area contributed by atoms with E-state index in [0.29, 0.717) is 22.5 Å². The fourth-order valence-electron chi connectivity index (χ4n) is 3.18. The van der Waals surface area contributed by atoms with Crippen LogP contribution in [-0.2, 0) is 4.74 Å². The van der Waals surface area contributed by atoms with Gasteiger partial charge in [-0.05, 0) is 59.7 Å². The van der Waals surface area contributed by atoms with E-state index in [1.807, 2.05) is 6.07 Å². The Kier molecular flexibility index (Phi) is 6.74. The van der Waals surface area contributed by atoms with E-state index in [2.05, 4.69) is 38.0 Å². The molecule has 1 N–H and O–H groups in total. The Morgan fingerprint density at radius 3 is 2.50 bits per heavy atom. The number of amides is 1. The number of esters is 1. The maximum Gasteiger partial charge on any atom is 0.338 e. The molecule has 3 rings (SSSR count). The van der Waals surface area contributed by atoms with Crippen LogP contribution < -0.4 is 10.2 Å². The molecule has 0 radical (unpaired) electrons. The van der Waals surface area contributed by atoms with Gasteiger partial charge in [-0.2, -0.15) is 0 Å². The molecule has 0 bridgehead atoms. The van der Waals surface area contributed by atoms with Gasteiger partial charge in [0.15, 0.2) is 10.4 Å². The first kappa shape index (κ1) is 20.4. The number of carbonyl (C=O) groups excluding carboxylic acids is 2. The lowest BCUT2D eigenvalue weighted by atomic mass is 10.1. The summed E-state index contributed by atoms with van der Waals surface area (Å²) < 4.78 is 10.9. The fraction of sp³-hybridized carbons (Fsp3) is 0.400. The predicted molar refractivity (Wildman–Crippen MR) is 111 cm³/mol. The van der Waals surface area contributed by atoms with Crippen LogP contribution in [-0.4, -0.2) is 56.1 Å². The summed E-state index contributed by atoms with van der Waals surface area (Å²) in [6.45, 7) is 8.83. The van der Waals surface area contributed by atoms with Crippen LogP contribution in [0.1, 0.15) is 34.8 Å². The van der Waals surface area contributed by atoms with E-state index in [-0.39, 0.29) is 11.7 Å². The first-order valence-corrected chi connectivity index (χ1v) is 10.2. The van der Waals surface area contributed by atoms with Crippen molar-refractivity contribution >= 4 is 39.2 Å². The van der Waals surface area contributed by atoms with E-state index >= 15 is 0 Å². The molecule has 28 heavy (non-hydrogen) atoms. The monoisotopic (exact) mass is 449 g/mol. The summed E-state index contributed by atoms with van der Waals surface area (Å²) in [7, 11) is 0. The highest BCUT2D eigenvalue weighted by atomic mass is 79.9. The molecule has 2 heterocycles. The van der Waals surface area contributed by atoms with Crippen LogP contribution in [0, 0.1) is 0 Å². The molecule has 1 aromatic heterocycles.